The fourth-order valence-electron chi connectivity index (χ4n) is 1.86. The number of hydrazone groups is 1. The summed E-state index contributed by atoms with van der Waals surface area (Å²) in [6, 6.07) is 10.8. The van der Waals surface area contributed by atoms with Crippen molar-refractivity contribution in [1.29, 1.82) is 0 Å². The Labute approximate surface area is 149 Å². The van der Waals surface area contributed by atoms with Crippen molar-refractivity contribution in [2.24, 2.45) is 5.10 Å². The van der Waals surface area contributed by atoms with Crippen LogP contribution in [0, 0.1) is 11.6 Å². The highest BCUT2D eigenvalue weighted by atomic mass is 32.2. The van der Waals surface area contributed by atoms with Gasteiger partial charge in [0, 0.05) is 0 Å². The Morgan fingerprint density at radius 2 is 1.79 bits per heavy atom. The van der Waals surface area contributed by atoms with Crippen LogP contribution in [0.1, 0.15) is 18.1 Å². The molecule has 0 bridgehead atoms. The summed E-state index contributed by atoms with van der Waals surface area (Å²) in [6.07, 6.45) is 1.87. The molecule has 126 valence electrons. The lowest BCUT2D eigenvalue weighted by molar-refractivity contribution is 0.292. The largest absolute Gasteiger partial charge is 0.489 e. The summed E-state index contributed by atoms with van der Waals surface area (Å²) >= 11 is 6.41. The molecule has 2 aromatic rings. The number of thioether (sulfide) groups is 1. The number of halogens is 2. The van der Waals surface area contributed by atoms with Gasteiger partial charge in [0.1, 0.15) is 24.0 Å². The van der Waals surface area contributed by atoms with Gasteiger partial charge in [-0.05, 0) is 55.1 Å². The lowest BCUT2D eigenvalue weighted by atomic mass is 10.1. The van der Waals surface area contributed by atoms with Gasteiger partial charge in [-0.1, -0.05) is 30.0 Å². The molecule has 0 spiro atoms. The third-order valence-corrected chi connectivity index (χ3v) is 4.27. The molecule has 0 aliphatic heterocycles. The van der Waals surface area contributed by atoms with Crippen LogP contribution in [0.5, 0.6) is 5.75 Å². The first-order valence-corrected chi connectivity index (χ1v) is 8.69. The normalized spacial score (nSPS) is 11.2. The molecule has 7 heteroatoms. The molecular formula is C17H16F2N2OS2. The third kappa shape index (κ3) is 5.01. The maximum Gasteiger partial charge on any atom is 0.153 e. The zero-order chi connectivity index (χ0) is 17.5. The quantitative estimate of drug-likeness (QED) is 0.480. The van der Waals surface area contributed by atoms with Gasteiger partial charge in [-0.2, -0.15) is 5.10 Å². The van der Waals surface area contributed by atoms with Gasteiger partial charge in [0.2, 0.25) is 0 Å². The second kappa shape index (κ2) is 8.75. The lowest BCUT2D eigenvalue weighted by Crippen LogP contribution is -2.13. The first kappa shape index (κ1) is 18.4. The lowest BCUT2D eigenvalue weighted by Gasteiger charge is -2.09. The first-order valence-electron chi connectivity index (χ1n) is 7.05. The minimum atomic E-state index is -0.620. The smallest absolute Gasteiger partial charge is 0.153 e. The van der Waals surface area contributed by atoms with E-state index in [1.165, 1.54) is 30.0 Å². The van der Waals surface area contributed by atoms with Crippen LogP contribution in [0.25, 0.3) is 0 Å². The second-order valence-corrected chi connectivity index (χ2v) is 6.30. The summed E-state index contributed by atoms with van der Waals surface area (Å²) in [5.41, 5.74) is 4.33. The van der Waals surface area contributed by atoms with Crippen LogP contribution in [0.4, 0.5) is 8.78 Å². The fourth-order valence-corrected chi connectivity index (χ4v) is 2.04. The Morgan fingerprint density at radius 1 is 1.17 bits per heavy atom. The van der Waals surface area contributed by atoms with E-state index in [-0.39, 0.29) is 12.2 Å². The highest BCUT2D eigenvalue weighted by Gasteiger charge is 2.09. The maximum atomic E-state index is 13.5. The van der Waals surface area contributed by atoms with Crippen molar-refractivity contribution in [1.82, 2.24) is 5.43 Å². The average Bonchev–Trinajstić information content (AvgIpc) is 2.59. The van der Waals surface area contributed by atoms with Gasteiger partial charge in [-0.15, -0.1) is 0 Å². The van der Waals surface area contributed by atoms with Crippen LogP contribution < -0.4 is 10.2 Å². The van der Waals surface area contributed by atoms with Crippen molar-refractivity contribution in [3.63, 3.8) is 0 Å². The topological polar surface area (TPSA) is 33.6 Å². The van der Waals surface area contributed by atoms with Crippen molar-refractivity contribution in [2.75, 3.05) is 6.26 Å². The molecule has 0 saturated carbocycles. The molecular weight excluding hydrogens is 350 g/mol. The van der Waals surface area contributed by atoms with Crippen LogP contribution in [-0.2, 0) is 6.61 Å². The molecule has 0 aromatic heterocycles. The number of rotatable bonds is 5. The molecule has 0 saturated heterocycles. The molecule has 2 aromatic carbocycles. The standard InChI is InChI=1S/C17H16F2N2OS2/c1-11(20-21-17(23)24-2)12-6-8-13(9-7-12)22-10-14-15(18)4-3-5-16(14)19/h3-9H,10H2,1-2H3,(H,21,23)/b20-11+. The van der Waals surface area contributed by atoms with Gasteiger partial charge in [-0.3, -0.25) is 5.43 Å². The van der Waals surface area contributed by atoms with Crippen LogP contribution in [0.15, 0.2) is 47.6 Å². The van der Waals surface area contributed by atoms with Gasteiger partial charge < -0.3 is 4.74 Å². The Hall–Kier alpha value is -1.99. The number of hydrogen-bond acceptors (Lipinski definition) is 4. The summed E-state index contributed by atoms with van der Waals surface area (Å²) in [4.78, 5) is 0. The summed E-state index contributed by atoms with van der Waals surface area (Å²) in [5, 5.41) is 4.18. The van der Waals surface area contributed by atoms with Crippen molar-refractivity contribution in [3.05, 3.63) is 65.2 Å². The van der Waals surface area contributed by atoms with Crippen molar-refractivity contribution >= 4 is 34.0 Å². The fraction of sp³-hybridized carbons (Fsp3) is 0.176. The van der Waals surface area contributed by atoms with E-state index in [9.17, 15) is 8.78 Å². The summed E-state index contributed by atoms with van der Waals surface area (Å²) < 4.78 is 33.1. The van der Waals surface area contributed by atoms with Gasteiger partial charge in [0.05, 0.1) is 11.3 Å². The van der Waals surface area contributed by atoms with Gasteiger partial charge in [0.15, 0.2) is 4.32 Å². The van der Waals surface area contributed by atoms with Gasteiger partial charge in [0.25, 0.3) is 0 Å². The second-order valence-electron chi connectivity index (χ2n) is 4.81. The van der Waals surface area contributed by atoms with E-state index in [0.717, 1.165) is 11.3 Å². The minimum Gasteiger partial charge on any atom is -0.489 e. The molecule has 0 radical (unpaired) electrons. The molecule has 3 nitrogen and oxygen atoms in total. The van der Waals surface area contributed by atoms with Crippen LogP contribution >= 0.6 is 24.0 Å². The van der Waals surface area contributed by atoms with Gasteiger partial charge in [-0.25, -0.2) is 8.78 Å². The SMILES string of the molecule is CSC(=S)N/N=C(\C)c1ccc(OCc2c(F)cccc2F)cc1. The highest BCUT2D eigenvalue weighted by Crippen LogP contribution is 2.18. The molecule has 24 heavy (non-hydrogen) atoms. The molecule has 0 heterocycles. The maximum absolute atomic E-state index is 13.5. The molecule has 2 rings (SSSR count). The number of hydrogen-bond donors (Lipinski definition) is 1. The Morgan fingerprint density at radius 3 is 2.38 bits per heavy atom. The molecule has 0 atom stereocenters. The molecule has 1 N–H and O–H groups in total. The predicted molar refractivity (Wildman–Crippen MR) is 98.6 cm³/mol. The van der Waals surface area contributed by atoms with E-state index in [0.29, 0.717) is 10.1 Å². The monoisotopic (exact) mass is 366 g/mol. The Balaban J connectivity index is 2.01. The van der Waals surface area contributed by atoms with Crippen molar-refractivity contribution in [3.8, 4) is 5.75 Å². The van der Waals surface area contributed by atoms with Crippen molar-refractivity contribution < 1.29 is 13.5 Å². The van der Waals surface area contributed by atoms with E-state index in [2.05, 4.69) is 10.5 Å². The van der Waals surface area contributed by atoms with Crippen molar-refractivity contribution in [2.45, 2.75) is 13.5 Å². The number of thiocarbonyl (C=S) groups is 1. The minimum absolute atomic E-state index is 0.0888. The predicted octanol–water partition coefficient (Wildman–Crippen LogP) is 4.51. The number of ether oxygens (including phenoxy) is 1. The summed E-state index contributed by atoms with van der Waals surface area (Å²) in [7, 11) is 0. The van der Waals surface area contributed by atoms with E-state index in [4.69, 9.17) is 17.0 Å². The van der Waals surface area contributed by atoms with E-state index in [1.54, 1.807) is 12.1 Å². The van der Waals surface area contributed by atoms with Crippen LogP contribution in [0.2, 0.25) is 0 Å². The zero-order valence-electron chi connectivity index (χ0n) is 13.2. The molecule has 0 unspecified atom stereocenters. The molecule has 0 aliphatic carbocycles. The number of benzene rings is 2. The molecule has 0 aliphatic rings. The summed E-state index contributed by atoms with van der Waals surface area (Å²) in [6.45, 7) is 1.68. The first-order chi connectivity index (χ1) is 11.5. The number of nitrogens with zero attached hydrogens (tertiary/aromatic N) is 1. The Kier molecular flexibility index (Phi) is 6.69. The van der Waals surface area contributed by atoms with Crippen LogP contribution in [0.3, 0.4) is 0 Å². The Bertz CT molecular complexity index is 729. The third-order valence-electron chi connectivity index (χ3n) is 3.22. The zero-order valence-corrected chi connectivity index (χ0v) is 14.8. The van der Waals surface area contributed by atoms with Gasteiger partial charge >= 0.3 is 0 Å². The van der Waals surface area contributed by atoms with E-state index in [1.807, 2.05) is 25.3 Å². The average molecular weight is 366 g/mol. The molecule has 0 fully saturated rings. The summed E-state index contributed by atoms with van der Waals surface area (Å²) in [5.74, 6) is -0.724. The molecule has 0 amide bonds. The highest BCUT2D eigenvalue weighted by molar-refractivity contribution is 8.22. The number of nitrogens with one attached hydrogen (secondary N) is 1. The van der Waals surface area contributed by atoms with Crippen LogP contribution in [-0.4, -0.2) is 16.3 Å². The van der Waals surface area contributed by atoms with E-state index < -0.39 is 11.6 Å². The van der Waals surface area contributed by atoms with E-state index >= 15 is 0 Å².